The third kappa shape index (κ3) is 4.87. The van der Waals surface area contributed by atoms with Gasteiger partial charge in [-0.25, -0.2) is 9.97 Å². The molecule has 190 valence electrons. The quantitative estimate of drug-likeness (QED) is 0.181. The maximum Gasteiger partial charge on any atom is 0.123 e. The first-order chi connectivity index (χ1) is 18.5. The van der Waals surface area contributed by atoms with Gasteiger partial charge in [0, 0.05) is 29.3 Å². The topological polar surface area (TPSA) is 105 Å². The molecular weight excluding hydrogens is 470 g/mol. The van der Waals surface area contributed by atoms with E-state index in [0.717, 1.165) is 57.9 Å². The van der Waals surface area contributed by atoms with Crippen molar-refractivity contribution in [3.8, 4) is 35.4 Å². The first kappa shape index (κ1) is 24.2. The van der Waals surface area contributed by atoms with E-state index in [4.69, 9.17) is 11.8 Å². The van der Waals surface area contributed by atoms with Crippen LogP contribution < -0.4 is 10.6 Å². The molecule has 5 atom stereocenters. The Bertz CT molecular complexity index is 1590. The van der Waals surface area contributed by atoms with Gasteiger partial charge in [0.2, 0.25) is 0 Å². The Morgan fingerprint density at radius 1 is 1.18 bits per heavy atom. The van der Waals surface area contributed by atoms with Crippen molar-refractivity contribution in [2.45, 2.75) is 50.9 Å². The molecule has 5 unspecified atom stereocenters. The van der Waals surface area contributed by atoms with Crippen LogP contribution in [0.1, 0.15) is 55.5 Å². The third-order valence-electron chi connectivity index (χ3n) is 7.73. The summed E-state index contributed by atoms with van der Waals surface area (Å²) < 4.78 is 0. The molecule has 0 radical (unpaired) electrons. The lowest BCUT2D eigenvalue weighted by Gasteiger charge is -2.18. The highest BCUT2D eigenvalue weighted by Gasteiger charge is 2.50. The van der Waals surface area contributed by atoms with Crippen molar-refractivity contribution in [2.24, 2.45) is 11.8 Å². The zero-order chi connectivity index (χ0) is 26.3. The second-order valence-corrected chi connectivity index (χ2v) is 10.6. The molecule has 5 N–H and O–H groups in total. The first-order valence-corrected chi connectivity index (χ1v) is 13.1. The third-order valence-corrected chi connectivity index (χ3v) is 7.73. The van der Waals surface area contributed by atoms with Crippen LogP contribution in [0.2, 0.25) is 0 Å². The number of aromatic amines is 2. The summed E-state index contributed by atoms with van der Waals surface area (Å²) in [5.74, 6) is 12.0. The molecule has 2 fully saturated rings. The van der Waals surface area contributed by atoms with Crippen LogP contribution in [-0.2, 0) is 6.54 Å². The van der Waals surface area contributed by atoms with Gasteiger partial charge < -0.3 is 20.7 Å². The van der Waals surface area contributed by atoms with Crippen LogP contribution in [0.5, 0.6) is 0 Å². The van der Waals surface area contributed by atoms with E-state index < -0.39 is 0 Å². The predicted molar refractivity (Wildman–Crippen MR) is 151 cm³/mol. The Morgan fingerprint density at radius 3 is 2.66 bits per heavy atom. The molecular formula is C31H31N7. The van der Waals surface area contributed by atoms with Crippen LogP contribution in [0, 0.1) is 41.4 Å². The lowest BCUT2D eigenvalue weighted by Crippen LogP contribution is -2.36. The molecule has 0 spiro atoms. The van der Waals surface area contributed by atoms with Gasteiger partial charge in [0.1, 0.15) is 11.6 Å². The zero-order valence-electron chi connectivity index (χ0n) is 21.6. The number of hydrogen-bond donors (Lipinski definition) is 5. The van der Waals surface area contributed by atoms with Crippen molar-refractivity contribution < 1.29 is 0 Å². The van der Waals surface area contributed by atoms with E-state index in [9.17, 15) is 0 Å². The normalized spacial score (nSPS) is 24.3. The average molecular weight is 502 g/mol. The second-order valence-electron chi connectivity index (χ2n) is 10.6. The van der Waals surface area contributed by atoms with E-state index in [1.807, 2.05) is 36.5 Å². The Balaban J connectivity index is 1.09. The summed E-state index contributed by atoms with van der Waals surface area (Å²) in [6, 6.07) is 14.7. The van der Waals surface area contributed by atoms with E-state index in [1.165, 1.54) is 6.21 Å². The molecule has 2 aliphatic carbocycles. The number of terminal acetylenes is 1. The van der Waals surface area contributed by atoms with Gasteiger partial charge in [-0.05, 0) is 61.6 Å². The monoisotopic (exact) mass is 501 g/mol. The van der Waals surface area contributed by atoms with Crippen LogP contribution in [0.4, 0.5) is 0 Å². The fourth-order valence-electron chi connectivity index (χ4n) is 5.00. The van der Waals surface area contributed by atoms with E-state index in [2.05, 4.69) is 74.3 Å². The molecule has 2 aliphatic rings. The second kappa shape index (κ2) is 9.61. The minimum atomic E-state index is -0.184. The van der Waals surface area contributed by atoms with Gasteiger partial charge in [-0.2, -0.15) is 0 Å². The largest absolute Gasteiger partial charge is 0.341 e. The molecule has 2 saturated carbocycles. The van der Waals surface area contributed by atoms with E-state index >= 15 is 0 Å². The fourth-order valence-corrected chi connectivity index (χ4v) is 5.00. The molecule has 0 amide bonds. The number of benzene rings is 2. The fraction of sp³-hybridized carbons (Fsp3) is 0.323. The highest BCUT2D eigenvalue weighted by molar-refractivity contribution is 5.77. The zero-order valence-corrected chi connectivity index (χ0v) is 21.6. The first-order valence-electron chi connectivity index (χ1n) is 13.1. The van der Waals surface area contributed by atoms with Crippen LogP contribution in [-0.4, -0.2) is 37.7 Å². The lowest BCUT2D eigenvalue weighted by atomic mass is 10.1. The number of H-pyrrole nitrogens is 2. The maximum atomic E-state index is 7.74. The summed E-state index contributed by atoms with van der Waals surface area (Å²) in [7, 11) is 0. The summed E-state index contributed by atoms with van der Waals surface area (Å²) in [5, 5.41) is 14.7. The number of aromatic nitrogens is 4. The minimum absolute atomic E-state index is 0.0407. The molecule has 4 aromatic rings. The Kier molecular flexibility index (Phi) is 6.12. The number of fused-ring (bicyclic) bond motifs is 1. The van der Waals surface area contributed by atoms with Crippen molar-refractivity contribution >= 4 is 17.2 Å². The van der Waals surface area contributed by atoms with Crippen LogP contribution in [0.3, 0.4) is 0 Å². The van der Waals surface area contributed by atoms with Gasteiger partial charge in [-0.15, -0.1) is 12.3 Å². The van der Waals surface area contributed by atoms with Gasteiger partial charge >= 0.3 is 0 Å². The van der Waals surface area contributed by atoms with Gasteiger partial charge in [0.05, 0.1) is 41.0 Å². The molecule has 38 heavy (non-hydrogen) atoms. The van der Waals surface area contributed by atoms with Crippen LogP contribution >= 0.6 is 0 Å². The van der Waals surface area contributed by atoms with Crippen molar-refractivity contribution in [3.05, 3.63) is 71.4 Å². The number of imidazole rings is 2. The lowest BCUT2D eigenvalue weighted by molar-refractivity contribution is 0.488. The Labute approximate surface area is 222 Å². The molecule has 0 aliphatic heterocycles. The Morgan fingerprint density at radius 2 is 1.95 bits per heavy atom. The molecule has 6 rings (SSSR count). The smallest absolute Gasteiger partial charge is 0.123 e. The molecule has 7 nitrogen and oxygen atoms in total. The summed E-state index contributed by atoms with van der Waals surface area (Å²) in [6.45, 7) is 4.93. The van der Waals surface area contributed by atoms with Crippen molar-refractivity contribution in [2.75, 3.05) is 0 Å². The summed E-state index contributed by atoms with van der Waals surface area (Å²) in [6.07, 6.45) is 10.9. The number of nitrogens with zero attached hydrogens (tertiary/aromatic N) is 2. The van der Waals surface area contributed by atoms with Gasteiger partial charge in [-0.3, -0.25) is 5.32 Å². The predicted octanol–water partition coefficient (Wildman–Crippen LogP) is 4.54. The van der Waals surface area contributed by atoms with E-state index in [1.54, 1.807) is 0 Å². The molecule has 0 saturated heterocycles. The van der Waals surface area contributed by atoms with Gasteiger partial charge in [0.25, 0.3) is 0 Å². The number of rotatable bonds is 8. The summed E-state index contributed by atoms with van der Waals surface area (Å²) in [5.41, 5.74) is 5.64. The molecule has 2 aromatic heterocycles. The number of nitrogens with one attached hydrogen (secondary N) is 5. The average Bonchev–Trinajstić information content (AvgIpc) is 3.68. The summed E-state index contributed by atoms with van der Waals surface area (Å²) in [4.78, 5) is 16.1. The maximum absolute atomic E-state index is 7.74. The molecule has 2 aromatic carbocycles. The van der Waals surface area contributed by atoms with Gasteiger partial charge in [-0.1, -0.05) is 30.9 Å². The van der Waals surface area contributed by atoms with Crippen LogP contribution in [0.15, 0.2) is 48.7 Å². The summed E-state index contributed by atoms with van der Waals surface area (Å²) >= 11 is 0. The minimum Gasteiger partial charge on any atom is -0.341 e. The van der Waals surface area contributed by atoms with Crippen molar-refractivity contribution in [1.29, 1.82) is 5.41 Å². The molecule has 0 bridgehead atoms. The van der Waals surface area contributed by atoms with Crippen LogP contribution in [0.25, 0.3) is 22.3 Å². The SMILES string of the molecule is C#CC1CC1NCc1nc2ccc(C#Cc3ccc(-c4cnc(C(C)NC5(C=N)CC5C)[nH]4)cc3)cc2[nH]1. The highest BCUT2D eigenvalue weighted by atomic mass is 15.1. The standard InChI is InChI=1S/C31H31N7/c1-4-23-14-26(23)33-17-29-35-25-12-9-22(13-27(25)36-29)6-5-21-7-10-24(11-8-21)28-16-34-30(37-28)20(3)38-31(18-32)15-19(31)2/h1,7-13,16,18-20,23,26,32-33,38H,14-15,17H2,2-3H3,(H,34,37)(H,35,36). The Hall–Kier alpha value is -4.17. The highest BCUT2D eigenvalue weighted by Crippen LogP contribution is 2.42. The van der Waals surface area contributed by atoms with E-state index in [0.29, 0.717) is 24.4 Å². The number of hydrogen-bond acceptors (Lipinski definition) is 5. The van der Waals surface area contributed by atoms with Gasteiger partial charge in [0.15, 0.2) is 0 Å². The molecule has 2 heterocycles. The molecule has 7 heteroatoms. The van der Waals surface area contributed by atoms with Crippen molar-refractivity contribution in [1.82, 2.24) is 30.6 Å². The van der Waals surface area contributed by atoms with E-state index in [-0.39, 0.29) is 11.6 Å². The van der Waals surface area contributed by atoms with Crippen molar-refractivity contribution in [3.63, 3.8) is 0 Å².